The maximum Gasteiger partial charge on any atom is 0.0741 e. The third-order valence-corrected chi connectivity index (χ3v) is 14.6. The largest absolute Gasteiger partial charge is 0.310 e. The fourth-order valence-electron chi connectivity index (χ4n) is 10.8. The summed E-state index contributed by atoms with van der Waals surface area (Å²) in [5.41, 5.74) is 17.8. The van der Waals surface area contributed by atoms with Crippen LogP contribution in [-0.4, -0.2) is 0 Å². The van der Waals surface area contributed by atoms with Gasteiger partial charge in [-0.15, -0.1) is 11.3 Å². The van der Waals surface area contributed by atoms with Gasteiger partial charge in [-0.2, -0.15) is 0 Å². The smallest absolute Gasteiger partial charge is 0.0741 e. The van der Waals surface area contributed by atoms with Crippen LogP contribution in [0.4, 0.5) is 34.1 Å². The molecule has 1 atom stereocenters. The highest BCUT2D eigenvalue weighted by molar-refractivity contribution is 7.22. The molecule has 11 aromatic rings. The predicted molar refractivity (Wildman–Crippen MR) is 270 cm³/mol. The first kappa shape index (κ1) is 36.7. The monoisotopic (exact) mass is 832 g/mol. The Bertz CT molecular complexity index is 3510. The Labute approximate surface area is 377 Å². The van der Waals surface area contributed by atoms with Gasteiger partial charge in [0.25, 0.3) is 0 Å². The van der Waals surface area contributed by atoms with E-state index in [4.69, 9.17) is 0 Å². The Hall–Kier alpha value is -7.98. The third kappa shape index (κ3) is 5.44. The van der Waals surface area contributed by atoms with E-state index in [9.17, 15) is 0 Å². The number of para-hydroxylation sites is 3. The first-order valence-electron chi connectivity index (χ1n) is 22.0. The molecule has 10 aromatic carbocycles. The lowest BCUT2D eigenvalue weighted by molar-refractivity contribution is 0.802. The van der Waals surface area contributed by atoms with Crippen molar-refractivity contribution in [3.63, 3.8) is 0 Å². The molecule has 1 unspecified atom stereocenters. The maximum absolute atomic E-state index is 2.51. The van der Waals surface area contributed by atoms with Crippen molar-refractivity contribution in [3.05, 3.63) is 265 Å². The molecule has 0 aliphatic heterocycles. The summed E-state index contributed by atoms with van der Waals surface area (Å²) in [6.07, 6.45) is 0. The molecular weight excluding hydrogens is 793 g/mol. The van der Waals surface area contributed by atoms with Crippen molar-refractivity contribution in [1.82, 2.24) is 0 Å². The second-order valence-corrected chi connectivity index (χ2v) is 17.9. The topological polar surface area (TPSA) is 6.48 Å². The molecule has 0 amide bonds. The summed E-state index contributed by atoms with van der Waals surface area (Å²) in [7, 11) is 0. The number of benzene rings is 10. The zero-order valence-electron chi connectivity index (χ0n) is 34.9. The molecule has 2 aliphatic carbocycles. The van der Waals surface area contributed by atoms with Crippen LogP contribution in [0.3, 0.4) is 0 Å². The minimum Gasteiger partial charge on any atom is -0.310 e. The van der Waals surface area contributed by atoms with Crippen LogP contribution in [0.15, 0.2) is 243 Å². The fraction of sp³-hybridized carbons (Fsp3) is 0.0164. The van der Waals surface area contributed by atoms with E-state index >= 15 is 0 Å². The summed E-state index contributed by atoms with van der Waals surface area (Å²) < 4.78 is 1.32. The lowest BCUT2D eigenvalue weighted by atomic mass is 9.70. The molecule has 1 aromatic heterocycles. The molecular formula is C61H40N2S. The van der Waals surface area contributed by atoms with Gasteiger partial charge in [0.05, 0.1) is 5.41 Å². The lowest BCUT2D eigenvalue weighted by Crippen LogP contribution is -2.26. The van der Waals surface area contributed by atoms with Crippen LogP contribution in [0.2, 0.25) is 0 Å². The standard InChI is InChI=1S/C61H40N2S/c1-4-19-43(20-5-1)62(44-21-6-2-7-22-44)48-36-38-53-57(40-48)61(59-54-27-13-15-30-58(54)64-60(53)59)55-29-14-12-26-51(55)52-37-35-47(39-56(52)61)63(45-23-8-3-9-24-45)46-33-31-42(32-34-46)50-28-16-18-41-17-10-11-25-49(41)50/h1-40H. The van der Waals surface area contributed by atoms with E-state index in [1.165, 1.54) is 75.8 Å². The number of hydrogen-bond donors (Lipinski definition) is 0. The third-order valence-electron chi connectivity index (χ3n) is 13.4. The van der Waals surface area contributed by atoms with Crippen molar-refractivity contribution < 1.29 is 0 Å². The molecule has 0 bridgehead atoms. The van der Waals surface area contributed by atoms with Gasteiger partial charge in [0, 0.05) is 43.7 Å². The molecule has 1 spiro atoms. The van der Waals surface area contributed by atoms with Crippen LogP contribution in [0.25, 0.3) is 53.6 Å². The normalized spacial score (nSPS) is 14.3. The van der Waals surface area contributed by atoms with Crippen LogP contribution in [0.5, 0.6) is 0 Å². The molecule has 0 saturated heterocycles. The highest BCUT2D eigenvalue weighted by Gasteiger charge is 2.54. The zero-order chi connectivity index (χ0) is 42.2. The molecule has 3 heteroatoms. The van der Waals surface area contributed by atoms with Gasteiger partial charge in [0.1, 0.15) is 0 Å². The van der Waals surface area contributed by atoms with Gasteiger partial charge in [-0.3, -0.25) is 0 Å². The Morgan fingerprint density at radius 3 is 1.45 bits per heavy atom. The van der Waals surface area contributed by atoms with Gasteiger partial charge in [0.2, 0.25) is 0 Å². The Kier molecular flexibility index (Phi) is 8.34. The molecule has 2 nitrogen and oxygen atoms in total. The molecule has 0 N–H and O–H groups in total. The number of hydrogen-bond acceptors (Lipinski definition) is 3. The van der Waals surface area contributed by atoms with Gasteiger partial charge in [-0.05, 0) is 145 Å². The summed E-state index contributed by atoms with van der Waals surface area (Å²) in [5.74, 6) is 0. The van der Waals surface area contributed by atoms with Gasteiger partial charge >= 0.3 is 0 Å². The number of thiophene rings is 1. The number of rotatable bonds is 7. The Balaban J connectivity index is 1.05. The van der Waals surface area contributed by atoms with E-state index < -0.39 is 5.41 Å². The van der Waals surface area contributed by atoms with Crippen molar-refractivity contribution >= 4 is 66.3 Å². The van der Waals surface area contributed by atoms with E-state index in [0.29, 0.717) is 0 Å². The van der Waals surface area contributed by atoms with Gasteiger partial charge < -0.3 is 9.80 Å². The molecule has 13 rings (SSSR count). The van der Waals surface area contributed by atoms with Gasteiger partial charge in [-0.1, -0.05) is 164 Å². The fourth-order valence-corrected chi connectivity index (χ4v) is 12.1. The molecule has 64 heavy (non-hydrogen) atoms. The molecule has 0 fully saturated rings. The minimum absolute atomic E-state index is 0.568. The molecule has 1 heterocycles. The molecule has 0 radical (unpaired) electrons. The summed E-state index contributed by atoms with van der Waals surface area (Å²) in [6, 6.07) is 89.3. The van der Waals surface area contributed by atoms with Crippen LogP contribution in [-0.2, 0) is 5.41 Å². The van der Waals surface area contributed by atoms with E-state index in [1.807, 2.05) is 11.3 Å². The molecule has 0 saturated carbocycles. The summed E-state index contributed by atoms with van der Waals surface area (Å²) >= 11 is 1.93. The van der Waals surface area contributed by atoms with Gasteiger partial charge in [0.15, 0.2) is 0 Å². The Morgan fingerprint density at radius 1 is 0.312 bits per heavy atom. The SMILES string of the molecule is c1ccc(N(c2ccc(-c3cccc4ccccc34)cc2)c2ccc3c(c2)C2(c4ccccc4-3)c3cc(N(c4ccccc4)c4ccccc4)ccc3-c3sc4ccccc4c32)cc1. The highest BCUT2D eigenvalue weighted by Crippen LogP contribution is 2.67. The van der Waals surface area contributed by atoms with Crippen LogP contribution < -0.4 is 9.80 Å². The number of anilines is 6. The van der Waals surface area contributed by atoms with Crippen molar-refractivity contribution in [2.45, 2.75) is 5.41 Å². The highest BCUT2D eigenvalue weighted by atomic mass is 32.1. The second kappa shape index (κ2) is 14.6. The van der Waals surface area contributed by atoms with Crippen LogP contribution >= 0.6 is 11.3 Å². The summed E-state index contributed by atoms with van der Waals surface area (Å²) in [5, 5.41) is 3.83. The zero-order valence-corrected chi connectivity index (χ0v) is 35.7. The van der Waals surface area contributed by atoms with Crippen molar-refractivity contribution in [1.29, 1.82) is 0 Å². The van der Waals surface area contributed by atoms with E-state index in [-0.39, 0.29) is 0 Å². The number of nitrogens with zero attached hydrogens (tertiary/aromatic N) is 2. The second-order valence-electron chi connectivity index (χ2n) is 16.8. The summed E-state index contributed by atoms with van der Waals surface area (Å²) in [4.78, 5) is 6.18. The van der Waals surface area contributed by atoms with Crippen LogP contribution in [0.1, 0.15) is 22.3 Å². The Morgan fingerprint density at radius 2 is 0.781 bits per heavy atom. The quantitative estimate of drug-likeness (QED) is 0.158. The maximum atomic E-state index is 2.51. The first-order valence-corrected chi connectivity index (χ1v) is 22.8. The molecule has 300 valence electrons. The lowest BCUT2D eigenvalue weighted by Gasteiger charge is -2.33. The summed E-state index contributed by atoms with van der Waals surface area (Å²) in [6.45, 7) is 0. The van der Waals surface area contributed by atoms with E-state index in [1.54, 1.807) is 0 Å². The molecule has 2 aliphatic rings. The average molecular weight is 833 g/mol. The van der Waals surface area contributed by atoms with Crippen molar-refractivity contribution in [3.8, 4) is 32.7 Å². The van der Waals surface area contributed by atoms with Crippen LogP contribution in [0, 0.1) is 0 Å². The van der Waals surface area contributed by atoms with Crippen molar-refractivity contribution in [2.24, 2.45) is 0 Å². The predicted octanol–water partition coefficient (Wildman–Crippen LogP) is 17.0. The first-order chi connectivity index (χ1) is 31.8. The average Bonchev–Trinajstić information content (AvgIpc) is 3.98. The van der Waals surface area contributed by atoms with E-state index in [2.05, 4.69) is 252 Å². The minimum atomic E-state index is -0.568. The number of fused-ring (bicyclic) bond motifs is 13. The van der Waals surface area contributed by atoms with Crippen molar-refractivity contribution in [2.75, 3.05) is 9.80 Å². The van der Waals surface area contributed by atoms with E-state index in [0.717, 1.165) is 34.1 Å². The van der Waals surface area contributed by atoms with Gasteiger partial charge in [-0.25, -0.2) is 0 Å².